The largest absolute Gasteiger partial charge is 0.466 e. The van der Waals surface area contributed by atoms with Crippen molar-refractivity contribution >= 4 is 28.5 Å². The number of anilines is 1. The van der Waals surface area contributed by atoms with Gasteiger partial charge in [-0.15, -0.1) is 0 Å². The van der Waals surface area contributed by atoms with Gasteiger partial charge < -0.3 is 14.6 Å². The zero-order valence-corrected chi connectivity index (χ0v) is 20.3. The van der Waals surface area contributed by atoms with Gasteiger partial charge in [0.05, 0.1) is 22.8 Å². The summed E-state index contributed by atoms with van der Waals surface area (Å²) < 4.78 is 7.53. The van der Waals surface area contributed by atoms with E-state index in [9.17, 15) is 9.59 Å². The second kappa shape index (κ2) is 9.13. The van der Waals surface area contributed by atoms with E-state index in [-0.39, 0.29) is 17.9 Å². The Morgan fingerprint density at radius 2 is 1.91 bits per heavy atom. The molecule has 0 aliphatic rings. The third kappa shape index (κ3) is 4.44. The smallest absolute Gasteiger partial charge is 0.256 e. The zero-order chi connectivity index (χ0) is 24.6. The van der Waals surface area contributed by atoms with Gasteiger partial charge in [-0.2, -0.15) is 5.10 Å². The predicted molar refractivity (Wildman–Crippen MR) is 132 cm³/mol. The molecule has 0 saturated carbocycles. The van der Waals surface area contributed by atoms with Crippen LogP contribution in [0.2, 0.25) is 0 Å². The molecular formula is C26H29N5O3. The van der Waals surface area contributed by atoms with Crippen LogP contribution in [-0.4, -0.2) is 38.5 Å². The Hall–Kier alpha value is -3.94. The van der Waals surface area contributed by atoms with Gasteiger partial charge in [-0.25, -0.2) is 9.67 Å². The third-order valence-electron chi connectivity index (χ3n) is 5.83. The predicted octanol–water partition coefficient (Wildman–Crippen LogP) is 5.12. The van der Waals surface area contributed by atoms with Crippen LogP contribution in [0.3, 0.4) is 0 Å². The van der Waals surface area contributed by atoms with E-state index < -0.39 is 0 Å². The van der Waals surface area contributed by atoms with Crippen molar-refractivity contribution in [3.63, 3.8) is 0 Å². The molecule has 8 heteroatoms. The summed E-state index contributed by atoms with van der Waals surface area (Å²) in [6, 6.07) is 11.3. The number of aryl methyl sites for hydroxylation is 2. The van der Waals surface area contributed by atoms with Crippen LogP contribution < -0.4 is 5.32 Å². The number of rotatable bonds is 6. The van der Waals surface area contributed by atoms with E-state index in [4.69, 9.17) is 9.40 Å². The van der Waals surface area contributed by atoms with Crippen molar-refractivity contribution in [2.45, 2.75) is 47.2 Å². The average Bonchev–Trinajstić information content (AvgIpc) is 3.36. The topological polar surface area (TPSA) is 93.3 Å². The number of fused-ring (bicyclic) bond motifs is 1. The Balaban J connectivity index is 1.79. The molecule has 34 heavy (non-hydrogen) atoms. The molecule has 3 aromatic heterocycles. The number of benzene rings is 1. The van der Waals surface area contributed by atoms with E-state index in [1.54, 1.807) is 24.2 Å². The SMILES string of the molecule is CC(=O)N(C)Cc1ccccc1NC(=O)c1cc(-c2cc(C)oc2C)nc2c1cnn2C(C)C. The van der Waals surface area contributed by atoms with Crippen molar-refractivity contribution in [1.82, 2.24) is 19.7 Å². The number of amides is 2. The summed E-state index contributed by atoms with van der Waals surface area (Å²) in [5.41, 5.74) is 4.10. The van der Waals surface area contributed by atoms with Crippen LogP contribution in [0.5, 0.6) is 0 Å². The van der Waals surface area contributed by atoms with Crippen LogP contribution in [0.4, 0.5) is 5.69 Å². The Morgan fingerprint density at radius 1 is 1.18 bits per heavy atom. The molecule has 3 heterocycles. The van der Waals surface area contributed by atoms with Crippen molar-refractivity contribution < 1.29 is 14.0 Å². The van der Waals surface area contributed by atoms with E-state index in [0.717, 1.165) is 22.6 Å². The molecule has 0 spiro atoms. The second-order valence-corrected chi connectivity index (χ2v) is 8.79. The van der Waals surface area contributed by atoms with Crippen LogP contribution in [0, 0.1) is 13.8 Å². The van der Waals surface area contributed by atoms with Gasteiger partial charge in [0, 0.05) is 37.8 Å². The first-order valence-corrected chi connectivity index (χ1v) is 11.2. The minimum atomic E-state index is -0.271. The fourth-order valence-corrected chi connectivity index (χ4v) is 3.94. The first kappa shape index (κ1) is 23.2. The molecule has 0 atom stereocenters. The number of hydrogen-bond acceptors (Lipinski definition) is 5. The van der Waals surface area contributed by atoms with Crippen molar-refractivity contribution in [2.24, 2.45) is 0 Å². The van der Waals surface area contributed by atoms with Crippen molar-refractivity contribution in [1.29, 1.82) is 0 Å². The number of carbonyl (C=O) groups is 2. The van der Waals surface area contributed by atoms with Crippen LogP contribution in [0.15, 0.2) is 47.0 Å². The molecule has 1 aromatic carbocycles. The Labute approximate surface area is 198 Å². The lowest BCUT2D eigenvalue weighted by Crippen LogP contribution is -2.24. The van der Waals surface area contributed by atoms with Crippen LogP contribution in [-0.2, 0) is 11.3 Å². The number of hydrogen-bond donors (Lipinski definition) is 1. The summed E-state index contributed by atoms with van der Waals surface area (Å²) in [6.45, 7) is 9.72. The first-order valence-electron chi connectivity index (χ1n) is 11.2. The maximum absolute atomic E-state index is 13.6. The standard InChI is InChI=1S/C26H29N5O3/c1-15(2)31-25-22(13-27-31)21(12-24(28-25)20-11-16(3)34-17(20)4)26(33)29-23-10-8-7-9-19(23)14-30(6)18(5)32/h7-13,15H,14H2,1-6H3,(H,29,33). The van der Waals surface area contributed by atoms with Gasteiger partial charge in [0.1, 0.15) is 11.5 Å². The molecule has 0 unspecified atom stereocenters. The normalized spacial score (nSPS) is 11.3. The van der Waals surface area contributed by atoms with Crippen LogP contribution in [0.1, 0.15) is 54.3 Å². The Morgan fingerprint density at radius 3 is 2.56 bits per heavy atom. The van der Waals surface area contributed by atoms with Crippen molar-refractivity contribution in [3.05, 3.63) is 65.2 Å². The van der Waals surface area contributed by atoms with Crippen LogP contribution in [0.25, 0.3) is 22.3 Å². The summed E-state index contributed by atoms with van der Waals surface area (Å²) in [6.07, 6.45) is 1.68. The monoisotopic (exact) mass is 459 g/mol. The van der Waals surface area contributed by atoms with E-state index in [0.29, 0.717) is 34.5 Å². The van der Waals surface area contributed by atoms with E-state index in [1.807, 2.05) is 62.7 Å². The fourth-order valence-electron chi connectivity index (χ4n) is 3.94. The molecule has 176 valence electrons. The van der Waals surface area contributed by atoms with E-state index in [1.165, 1.54) is 6.92 Å². The maximum atomic E-state index is 13.6. The maximum Gasteiger partial charge on any atom is 0.256 e. The van der Waals surface area contributed by atoms with E-state index >= 15 is 0 Å². The number of pyridine rings is 1. The summed E-state index contributed by atoms with van der Waals surface area (Å²) in [5, 5.41) is 8.20. The van der Waals surface area contributed by atoms with Crippen LogP contribution >= 0.6 is 0 Å². The fraction of sp³-hybridized carbons (Fsp3) is 0.308. The van der Waals surface area contributed by atoms with Crippen molar-refractivity contribution in [2.75, 3.05) is 12.4 Å². The van der Waals surface area contributed by atoms with Gasteiger partial charge in [0.15, 0.2) is 5.65 Å². The molecule has 0 radical (unpaired) electrons. The first-order chi connectivity index (χ1) is 16.2. The summed E-state index contributed by atoms with van der Waals surface area (Å²) >= 11 is 0. The lowest BCUT2D eigenvalue weighted by molar-refractivity contribution is -0.128. The minimum Gasteiger partial charge on any atom is -0.466 e. The molecule has 2 amide bonds. The van der Waals surface area contributed by atoms with Gasteiger partial charge in [-0.05, 0) is 51.5 Å². The lowest BCUT2D eigenvalue weighted by Gasteiger charge is -2.18. The number of para-hydroxylation sites is 1. The summed E-state index contributed by atoms with van der Waals surface area (Å²) in [4.78, 5) is 31.7. The van der Waals surface area contributed by atoms with Gasteiger partial charge in [0.25, 0.3) is 5.91 Å². The Bertz CT molecular complexity index is 1380. The summed E-state index contributed by atoms with van der Waals surface area (Å²) in [7, 11) is 1.73. The third-order valence-corrected chi connectivity index (χ3v) is 5.83. The Kier molecular flexibility index (Phi) is 6.24. The van der Waals surface area contributed by atoms with E-state index in [2.05, 4.69) is 10.4 Å². The molecule has 1 N–H and O–H groups in total. The van der Waals surface area contributed by atoms with Crippen molar-refractivity contribution in [3.8, 4) is 11.3 Å². The highest BCUT2D eigenvalue weighted by molar-refractivity contribution is 6.13. The minimum absolute atomic E-state index is 0.0477. The second-order valence-electron chi connectivity index (χ2n) is 8.79. The molecule has 0 bridgehead atoms. The van der Waals surface area contributed by atoms with Gasteiger partial charge in [-0.3, -0.25) is 9.59 Å². The highest BCUT2D eigenvalue weighted by atomic mass is 16.3. The average molecular weight is 460 g/mol. The number of furan rings is 1. The van der Waals surface area contributed by atoms with Gasteiger partial charge >= 0.3 is 0 Å². The molecular weight excluding hydrogens is 430 g/mol. The molecule has 0 aliphatic heterocycles. The highest BCUT2D eigenvalue weighted by Crippen LogP contribution is 2.30. The molecule has 4 rings (SSSR count). The number of nitrogens with zero attached hydrogens (tertiary/aromatic N) is 4. The number of carbonyl (C=O) groups excluding carboxylic acids is 2. The molecule has 8 nitrogen and oxygen atoms in total. The van der Waals surface area contributed by atoms with Gasteiger partial charge in [0.2, 0.25) is 5.91 Å². The number of nitrogens with one attached hydrogen (secondary N) is 1. The molecule has 4 aromatic rings. The summed E-state index contributed by atoms with van der Waals surface area (Å²) in [5.74, 6) is 1.20. The lowest BCUT2D eigenvalue weighted by atomic mass is 10.1. The quantitative estimate of drug-likeness (QED) is 0.432. The van der Waals surface area contributed by atoms with Gasteiger partial charge in [-0.1, -0.05) is 18.2 Å². The highest BCUT2D eigenvalue weighted by Gasteiger charge is 2.21. The molecule has 0 aliphatic carbocycles. The molecule has 0 saturated heterocycles. The molecule has 0 fully saturated rings. The number of aromatic nitrogens is 3. The zero-order valence-electron chi connectivity index (χ0n) is 20.3.